The second-order valence-corrected chi connectivity index (χ2v) is 3.03. The fourth-order valence-corrected chi connectivity index (χ4v) is 1.43. The van der Waals surface area contributed by atoms with Gasteiger partial charge in [-0.1, -0.05) is 18.8 Å². The molecular formula is C9H12O3. The third-order valence-corrected chi connectivity index (χ3v) is 2.09. The minimum absolute atomic E-state index is 0.130. The Kier molecular flexibility index (Phi) is 3.12. The average Bonchev–Trinajstić information content (AvgIpc) is 2.03. The number of aliphatic hydroxyl groups is 1. The van der Waals surface area contributed by atoms with Crippen LogP contribution in [0.5, 0.6) is 0 Å². The first-order valence-electron chi connectivity index (χ1n) is 4.12. The minimum Gasteiger partial charge on any atom is -0.472 e. The monoisotopic (exact) mass is 168 g/mol. The molecule has 2 atom stereocenters. The van der Waals surface area contributed by atoms with Gasteiger partial charge in [-0.05, 0) is 12.8 Å². The van der Waals surface area contributed by atoms with E-state index in [0.717, 1.165) is 25.7 Å². The molecule has 0 aliphatic heterocycles. The van der Waals surface area contributed by atoms with E-state index in [4.69, 9.17) is 5.11 Å². The predicted octanol–water partition coefficient (Wildman–Crippen LogP) is 0.626. The van der Waals surface area contributed by atoms with Gasteiger partial charge in [0.25, 0.3) is 0 Å². The van der Waals surface area contributed by atoms with Crippen molar-refractivity contribution in [1.29, 1.82) is 0 Å². The van der Waals surface area contributed by atoms with E-state index in [1.54, 1.807) is 0 Å². The Morgan fingerprint density at radius 1 is 1.33 bits per heavy atom. The molecule has 0 unspecified atom stereocenters. The minimum atomic E-state index is -1.12. The smallest absolute Gasteiger partial charge is 0.381 e. The highest BCUT2D eigenvalue weighted by Gasteiger charge is 2.20. The third-order valence-electron chi connectivity index (χ3n) is 2.09. The quantitative estimate of drug-likeness (QED) is 0.521. The van der Waals surface area contributed by atoms with Gasteiger partial charge < -0.3 is 10.2 Å². The topological polar surface area (TPSA) is 57.5 Å². The fraction of sp³-hybridized carbons (Fsp3) is 0.667. The molecule has 1 aliphatic rings. The maximum atomic E-state index is 10.1. The van der Waals surface area contributed by atoms with Gasteiger partial charge in [-0.2, -0.15) is 0 Å². The molecule has 3 nitrogen and oxygen atoms in total. The number of aliphatic hydroxyl groups excluding tert-OH is 1. The lowest BCUT2D eigenvalue weighted by molar-refractivity contribution is -0.130. The van der Waals surface area contributed by atoms with Crippen molar-refractivity contribution >= 4 is 5.97 Å². The molecule has 3 heteroatoms. The number of rotatable bonds is 0. The second kappa shape index (κ2) is 4.13. The first kappa shape index (κ1) is 9.08. The second-order valence-electron chi connectivity index (χ2n) is 3.03. The number of aliphatic carboxylic acids is 1. The fourth-order valence-electron chi connectivity index (χ4n) is 1.43. The van der Waals surface area contributed by atoms with Gasteiger partial charge in [-0.3, -0.25) is 0 Å². The first-order chi connectivity index (χ1) is 5.70. The van der Waals surface area contributed by atoms with E-state index in [0.29, 0.717) is 0 Å². The summed E-state index contributed by atoms with van der Waals surface area (Å²) < 4.78 is 0. The van der Waals surface area contributed by atoms with Crippen LogP contribution < -0.4 is 0 Å². The van der Waals surface area contributed by atoms with Crippen LogP contribution in [0, 0.1) is 17.8 Å². The van der Waals surface area contributed by atoms with Gasteiger partial charge in [0.05, 0.1) is 6.10 Å². The van der Waals surface area contributed by atoms with Gasteiger partial charge in [0.2, 0.25) is 0 Å². The molecule has 0 heterocycles. The maximum Gasteiger partial charge on any atom is 0.381 e. The van der Waals surface area contributed by atoms with Crippen LogP contribution in [0.25, 0.3) is 0 Å². The van der Waals surface area contributed by atoms with Crippen molar-refractivity contribution in [2.24, 2.45) is 5.92 Å². The summed E-state index contributed by atoms with van der Waals surface area (Å²) in [5.74, 6) is 3.38. The van der Waals surface area contributed by atoms with Gasteiger partial charge in [0, 0.05) is 11.8 Å². The summed E-state index contributed by atoms with van der Waals surface area (Å²) in [7, 11) is 0. The van der Waals surface area contributed by atoms with E-state index in [-0.39, 0.29) is 5.92 Å². The zero-order valence-electron chi connectivity index (χ0n) is 6.79. The highest BCUT2D eigenvalue weighted by molar-refractivity contribution is 5.86. The molecule has 0 bridgehead atoms. The predicted molar refractivity (Wildman–Crippen MR) is 43.4 cm³/mol. The molecule has 0 aromatic rings. The van der Waals surface area contributed by atoms with Gasteiger partial charge in [-0.25, -0.2) is 4.79 Å². The van der Waals surface area contributed by atoms with Crippen LogP contribution in [0.1, 0.15) is 25.7 Å². The highest BCUT2D eigenvalue weighted by atomic mass is 16.4. The normalized spacial score (nSPS) is 28.8. The Morgan fingerprint density at radius 2 is 2.00 bits per heavy atom. The molecule has 12 heavy (non-hydrogen) atoms. The number of carboxylic acids is 1. The molecule has 0 saturated heterocycles. The van der Waals surface area contributed by atoms with Crippen LogP contribution in [0.4, 0.5) is 0 Å². The summed E-state index contributed by atoms with van der Waals surface area (Å²) >= 11 is 0. The lowest BCUT2D eigenvalue weighted by Gasteiger charge is -2.22. The summed E-state index contributed by atoms with van der Waals surface area (Å²) in [6, 6.07) is 0. The molecule has 2 N–H and O–H groups in total. The Balaban J connectivity index is 2.51. The van der Waals surface area contributed by atoms with Crippen LogP contribution in [0.15, 0.2) is 0 Å². The van der Waals surface area contributed by atoms with Gasteiger partial charge in [0.15, 0.2) is 0 Å². The number of hydrogen-bond donors (Lipinski definition) is 2. The third kappa shape index (κ3) is 2.55. The van der Waals surface area contributed by atoms with Crippen molar-refractivity contribution in [2.45, 2.75) is 31.8 Å². The Morgan fingerprint density at radius 3 is 2.58 bits per heavy atom. The summed E-state index contributed by atoms with van der Waals surface area (Å²) in [4.78, 5) is 10.1. The zero-order valence-corrected chi connectivity index (χ0v) is 6.79. The van der Waals surface area contributed by atoms with Gasteiger partial charge >= 0.3 is 5.97 Å². The van der Waals surface area contributed by atoms with E-state index >= 15 is 0 Å². The standard InChI is InChI=1S/C9H12O3/c10-8-4-2-1-3-7(8)5-6-9(11)12/h7-8,10H,1-4H2,(H,11,12)/t7-,8+/m1/s1. The Labute approximate surface area is 71.4 Å². The number of hydrogen-bond acceptors (Lipinski definition) is 2. The molecule has 0 amide bonds. The lowest BCUT2D eigenvalue weighted by atomic mass is 9.87. The Bertz CT molecular complexity index is 224. The Hall–Kier alpha value is -1.01. The van der Waals surface area contributed by atoms with E-state index in [1.165, 1.54) is 0 Å². The van der Waals surface area contributed by atoms with Crippen LogP contribution in [-0.4, -0.2) is 22.3 Å². The molecule has 1 saturated carbocycles. The van der Waals surface area contributed by atoms with Crippen molar-refractivity contribution in [2.75, 3.05) is 0 Å². The van der Waals surface area contributed by atoms with E-state index in [1.807, 2.05) is 0 Å². The average molecular weight is 168 g/mol. The molecule has 0 radical (unpaired) electrons. The molecule has 1 rings (SSSR count). The molecule has 0 spiro atoms. The zero-order chi connectivity index (χ0) is 8.97. The van der Waals surface area contributed by atoms with Crippen molar-refractivity contribution in [1.82, 2.24) is 0 Å². The molecular weight excluding hydrogens is 156 g/mol. The van der Waals surface area contributed by atoms with Crippen molar-refractivity contribution in [3.05, 3.63) is 0 Å². The van der Waals surface area contributed by atoms with Crippen molar-refractivity contribution < 1.29 is 15.0 Å². The maximum absolute atomic E-state index is 10.1. The van der Waals surface area contributed by atoms with Crippen LogP contribution in [0.2, 0.25) is 0 Å². The number of carboxylic acid groups (broad SMARTS) is 1. The van der Waals surface area contributed by atoms with E-state index < -0.39 is 12.1 Å². The molecule has 0 aromatic carbocycles. The van der Waals surface area contributed by atoms with Crippen LogP contribution in [-0.2, 0) is 4.79 Å². The van der Waals surface area contributed by atoms with Crippen LogP contribution in [0.3, 0.4) is 0 Å². The van der Waals surface area contributed by atoms with Crippen molar-refractivity contribution in [3.63, 3.8) is 0 Å². The SMILES string of the molecule is O=C(O)C#C[C@H]1CCCC[C@@H]1O. The summed E-state index contributed by atoms with van der Waals surface area (Å²) in [5, 5.41) is 17.7. The largest absolute Gasteiger partial charge is 0.472 e. The number of carbonyl (C=O) groups is 1. The molecule has 66 valence electrons. The lowest BCUT2D eigenvalue weighted by Crippen LogP contribution is -2.23. The van der Waals surface area contributed by atoms with Crippen molar-refractivity contribution in [3.8, 4) is 11.8 Å². The summed E-state index contributed by atoms with van der Waals surface area (Å²) in [5.41, 5.74) is 0. The molecule has 0 aromatic heterocycles. The van der Waals surface area contributed by atoms with Gasteiger partial charge in [0.1, 0.15) is 0 Å². The van der Waals surface area contributed by atoms with Crippen LogP contribution >= 0.6 is 0 Å². The molecule has 1 fully saturated rings. The first-order valence-corrected chi connectivity index (χ1v) is 4.12. The van der Waals surface area contributed by atoms with Gasteiger partial charge in [-0.15, -0.1) is 0 Å². The molecule has 1 aliphatic carbocycles. The summed E-state index contributed by atoms with van der Waals surface area (Å²) in [6.45, 7) is 0. The van der Waals surface area contributed by atoms with E-state index in [9.17, 15) is 9.90 Å². The summed E-state index contributed by atoms with van der Waals surface area (Å²) in [6.07, 6.45) is 3.20. The van der Waals surface area contributed by atoms with E-state index in [2.05, 4.69) is 11.8 Å². The highest BCUT2D eigenvalue weighted by Crippen LogP contribution is 2.23.